The van der Waals surface area contributed by atoms with Crippen molar-refractivity contribution in [3.8, 4) is 0 Å². The second-order valence-corrected chi connectivity index (χ2v) is 12.5. The number of hydrogen-bond donors (Lipinski definition) is 0. The quantitative estimate of drug-likeness (QED) is 0.342. The molecule has 1 unspecified atom stereocenters. The zero-order valence-corrected chi connectivity index (χ0v) is 15.6. The van der Waals surface area contributed by atoms with E-state index in [0.29, 0.717) is 6.42 Å². The van der Waals surface area contributed by atoms with Crippen LogP contribution in [-0.4, -0.2) is 15.6 Å². The normalized spacial score (nSPS) is 35.8. The van der Waals surface area contributed by atoms with Crippen LogP contribution in [0.4, 0.5) is 0 Å². The van der Waals surface area contributed by atoms with Gasteiger partial charge in [-0.15, -0.1) is 0 Å². The molecule has 0 saturated heterocycles. The minimum atomic E-state index is -0.857. The fraction of sp³-hybridized carbons (Fsp3) is 1.00. The highest BCUT2D eigenvalue weighted by Gasteiger charge is 2.63. The molecule has 1 saturated carbocycles. The van der Waals surface area contributed by atoms with Crippen LogP contribution in [0.25, 0.3) is 0 Å². The lowest BCUT2D eigenvalue weighted by molar-refractivity contribution is 0.491. The van der Waals surface area contributed by atoms with Crippen molar-refractivity contribution in [3.05, 3.63) is 0 Å². The number of halogens is 7. The van der Waals surface area contributed by atoms with Crippen molar-refractivity contribution in [2.45, 2.75) is 28.5 Å². The third kappa shape index (κ3) is 2.32. The molecule has 0 spiro atoms. The van der Waals surface area contributed by atoms with E-state index in [1.807, 2.05) is 0 Å². The summed E-state index contributed by atoms with van der Waals surface area (Å²) >= 11 is 30.1. The Hall–Kier alpha value is 2.98. The first-order valence-electron chi connectivity index (χ1n) is 3.40. The molecule has 1 atom stereocenters. The minimum absolute atomic E-state index is 0.240. The van der Waals surface area contributed by atoms with Gasteiger partial charge in [-0.05, 0) is 12.8 Å². The second kappa shape index (κ2) is 4.34. The zero-order chi connectivity index (χ0) is 10.5. The highest BCUT2D eigenvalue weighted by atomic mass is 79.9. The Morgan fingerprint density at radius 3 is 1.92 bits per heavy atom. The van der Waals surface area contributed by atoms with Gasteiger partial charge in [0.25, 0.3) is 0 Å². The molecule has 0 amide bonds. The van der Waals surface area contributed by atoms with Gasteiger partial charge in [0.2, 0.25) is 0 Å². The van der Waals surface area contributed by atoms with Crippen LogP contribution in [0.1, 0.15) is 12.8 Å². The van der Waals surface area contributed by atoms with Gasteiger partial charge in [-0.2, -0.15) is 0 Å². The maximum atomic E-state index is 6.20. The molecule has 0 radical (unpaired) electrons. The van der Waals surface area contributed by atoms with Crippen molar-refractivity contribution < 1.29 is 0 Å². The van der Waals surface area contributed by atoms with E-state index in [1.54, 1.807) is 0 Å². The van der Waals surface area contributed by atoms with Gasteiger partial charge in [-0.3, -0.25) is 0 Å². The Balaban J connectivity index is 3.07. The van der Waals surface area contributed by atoms with Crippen LogP contribution in [-0.2, 0) is 0 Å². The second-order valence-electron chi connectivity index (χ2n) is 2.91. The van der Waals surface area contributed by atoms with Crippen molar-refractivity contribution in [3.63, 3.8) is 0 Å². The highest BCUT2D eigenvalue weighted by Crippen LogP contribution is 2.65. The molecule has 0 nitrogen and oxygen atoms in total. The Labute approximate surface area is 130 Å². The molecular formula is C6H5Br5Cl2. The van der Waals surface area contributed by atoms with E-state index in [4.69, 9.17) is 23.2 Å². The molecule has 1 fully saturated rings. The van der Waals surface area contributed by atoms with E-state index in [0.717, 1.165) is 6.42 Å². The number of alkyl halides is 7. The lowest BCUT2D eigenvalue weighted by Crippen LogP contribution is -2.56. The van der Waals surface area contributed by atoms with Gasteiger partial charge in [-0.1, -0.05) is 103 Å². The fourth-order valence-corrected chi connectivity index (χ4v) is 5.33. The molecular weight excluding hydrogens is 542 g/mol. The summed E-state index contributed by atoms with van der Waals surface area (Å²) in [5, 5.41) is 0. The first-order chi connectivity index (χ1) is 5.63. The fourth-order valence-electron chi connectivity index (χ4n) is 1.09. The van der Waals surface area contributed by atoms with Gasteiger partial charge >= 0.3 is 0 Å². The summed E-state index contributed by atoms with van der Waals surface area (Å²) in [6.45, 7) is 0. The summed E-state index contributed by atoms with van der Waals surface area (Å²) in [4.78, 5) is 0.240. The highest BCUT2D eigenvalue weighted by molar-refractivity contribution is 9.31. The average molecular weight is 548 g/mol. The van der Waals surface area contributed by atoms with Crippen LogP contribution in [0.15, 0.2) is 0 Å². The standard InChI is InChI=1S/C6H5Br5Cl2/c7-3-1-2-4(12,13)6(10,11)5(3,8)9/h3H,1-2H2. The third-order valence-corrected chi connectivity index (χ3v) is 13.2. The zero-order valence-electron chi connectivity index (χ0n) is 6.14. The topological polar surface area (TPSA) is 0 Å². The predicted octanol–water partition coefficient (Wildman–Crippen LogP) is 5.69. The maximum Gasteiger partial charge on any atom is 0.145 e. The first-order valence-corrected chi connectivity index (χ1v) is 8.25. The van der Waals surface area contributed by atoms with Crippen molar-refractivity contribution in [2.24, 2.45) is 0 Å². The summed E-state index contributed by atoms with van der Waals surface area (Å²) in [5.41, 5.74) is 0. The molecule has 0 heterocycles. The van der Waals surface area contributed by atoms with Gasteiger partial charge in [-0.25, -0.2) is 0 Å². The van der Waals surface area contributed by atoms with Crippen LogP contribution in [0.5, 0.6) is 0 Å². The summed E-state index contributed by atoms with van der Waals surface area (Å²) in [6, 6.07) is 0. The Bertz CT molecular complexity index is 215. The molecule has 7 heteroatoms. The molecule has 0 aromatic carbocycles. The summed E-state index contributed by atoms with van der Waals surface area (Å²) < 4.78 is -1.89. The Kier molecular flexibility index (Phi) is 4.69. The van der Waals surface area contributed by atoms with E-state index < -0.39 is 10.8 Å². The largest absolute Gasteiger partial charge is 0.145 e. The molecule has 0 N–H and O–H groups in total. The molecule has 0 aromatic rings. The van der Waals surface area contributed by atoms with E-state index in [9.17, 15) is 0 Å². The predicted molar refractivity (Wildman–Crippen MR) is 77.6 cm³/mol. The summed E-state index contributed by atoms with van der Waals surface area (Å²) in [7, 11) is 0. The van der Waals surface area contributed by atoms with Crippen LogP contribution in [0, 0.1) is 0 Å². The molecule has 1 aliphatic carbocycles. The average Bonchev–Trinajstić information content (AvgIpc) is 1.97. The van der Waals surface area contributed by atoms with Gasteiger partial charge < -0.3 is 0 Å². The smallest absolute Gasteiger partial charge is 0.0990 e. The minimum Gasteiger partial charge on any atom is -0.0990 e. The van der Waals surface area contributed by atoms with Crippen LogP contribution < -0.4 is 0 Å². The van der Waals surface area contributed by atoms with E-state index >= 15 is 0 Å². The van der Waals surface area contributed by atoms with Gasteiger partial charge in [0.05, 0.1) is 0 Å². The van der Waals surface area contributed by atoms with E-state index in [2.05, 4.69) is 79.6 Å². The van der Waals surface area contributed by atoms with Crippen LogP contribution >= 0.6 is 103 Å². The van der Waals surface area contributed by atoms with Gasteiger partial charge in [0, 0.05) is 4.83 Å². The van der Waals surface area contributed by atoms with Gasteiger partial charge in [0.15, 0.2) is 0 Å². The molecule has 0 bridgehead atoms. The van der Waals surface area contributed by atoms with Crippen LogP contribution in [0.3, 0.4) is 0 Å². The van der Waals surface area contributed by atoms with E-state index in [1.165, 1.54) is 0 Å². The SMILES string of the molecule is ClC1(Cl)CCC(Br)C(Br)(Br)C1(Br)Br. The van der Waals surface area contributed by atoms with Crippen LogP contribution in [0.2, 0.25) is 0 Å². The first kappa shape index (κ1) is 14.0. The molecule has 0 aromatic heterocycles. The van der Waals surface area contributed by atoms with Crippen molar-refractivity contribution in [1.29, 1.82) is 0 Å². The third-order valence-electron chi connectivity index (χ3n) is 1.98. The Morgan fingerprint density at radius 1 is 1.08 bits per heavy atom. The van der Waals surface area contributed by atoms with Crippen molar-refractivity contribution in [1.82, 2.24) is 0 Å². The number of hydrogen-bond acceptors (Lipinski definition) is 0. The number of rotatable bonds is 0. The van der Waals surface area contributed by atoms with Crippen molar-refractivity contribution in [2.75, 3.05) is 0 Å². The molecule has 1 rings (SSSR count). The van der Waals surface area contributed by atoms with E-state index in [-0.39, 0.29) is 4.83 Å². The lowest BCUT2D eigenvalue weighted by Gasteiger charge is -2.49. The summed E-state index contributed by atoms with van der Waals surface area (Å²) in [6.07, 6.45) is 1.60. The molecule has 13 heavy (non-hydrogen) atoms. The van der Waals surface area contributed by atoms with Gasteiger partial charge in [0.1, 0.15) is 10.8 Å². The molecule has 0 aliphatic heterocycles. The Morgan fingerprint density at radius 2 is 1.54 bits per heavy atom. The monoisotopic (exact) mass is 542 g/mol. The maximum absolute atomic E-state index is 6.20. The summed E-state index contributed by atoms with van der Waals surface area (Å²) in [5.74, 6) is 0. The molecule has 78 valence electrons. The molecule has 1 aliphatic rings. The van der Waals surface area contributed by atoms with Crippen molar-refractivity contribution >= 4 is 103 Å². The lowest BCUT2D eigenvalue weighted by atomic mass is 9.99.